The molecule has 0 bridgehead atoms. The van der Waals surface area contributed by atoms with E-state index in [0.29, 0.717) is 24.6 Å². The summed E-state index contributed by atoms with van der Waals surface area (Å²) >= 11 is 4.22. The molecule has 0 saturated carbocycles. The number of likely N-dealkylation sites (tertiary alicyclic amines) is 1. The number of nitrogens with zero attached hydrogens (tertiary/aromatic N) is 1. The average Bonchev–Trinajstić information content (AvgIpc) is 3.04. The molecule has 0 spiro atoms. The summed E-state index contributed by atoms with van der Waals surface area (Å²) in [5.41, 5.74) is 1.46. The van der Waals surface area contributed by atoms with E-state index in [1.54, 1.807) is 0 Å². The number of piperidine rings is 1. The number of halogens is 2. The summed E-state index contributed by atoms with van der Waals surface area (Å²) in [4.78, 5) is 14.7. The molecule has 4 nitrogen and oxygen atoms in total. The Kier molecular flexibility index (Phi) is 4.88. The van der Waals surface area contributed by atoms with E-state index in [1.807, 2.05) is 43.5 Å². The van der Waals surface area contributed by atoms with Gasteiger partial charge in [0.2, 0.25) is 0 Å². The highest BCUT2D eigenvalue weighted by molar-refractivity contribution is 14.1. The van der Waals surface area contributed by atoms with E-state index in [1.165, 1.54) is 0 Å². The third-order valence-corrected chi connectivity index (χ3v) is 4.44. The Balaban J connectivity index is 1.91. The van der Waals surface area contributed by atoms with Crippen molar-refractivity contribution in [2.24, 2.45) is 0 Å². The van der Waals surface area contributed by atoms with Gasteiger partial charge in [-0.2, -0.15) is 0 Å². The molecule has 6 heteroatoms. The van der Waals surface area contributed by atoms with Crippen molar-refractivity contribution >= 4 is 63.1 Å². The summed E-state index contributed by atoms with van der Waals surface area (Å²) in [6, 6.07) is 7.50. The van der Waals surface area contributed by atoms with Crippen molar-refractivity contribution in [3.63, 3.8) is 0 Å². The Labute approximate surface area is 155 Å². The van der Waals surface area contributed by atoms with E-state index in [2.05, 4.69) is 50.1 Å². The van der Waals surface area contributed by atoms with Crippen LogP contribution in [0.15, 0.2) is 44.2 Å². The standard InChI is InChI=1S/C16H13I2NO3/c1-19-8-10(6-12-2-4-14(17)21-12)16(20)11(9-19)7-13-3-5-15(18)22-13/h2-7H,8-9H2,1H3/b10-6-,11-7+. The summed E-state index contributed by atoms with van der Waals surface area (Å²) in [6.07, 6.45) is 3.64. The molecule has 0 atom stereocenters. The first-order valence-corrected chi connectivity index (χ1v) is 8.82. The lowest BCUT2D eigenvalue weighted by atomic mass is 9.96. The molecule has 0 unspecified atom stereocenters. The van der Waals surface area contributed by atoms with Crippen LogP contribution < -0.4 is 0 Å². The minimum Gasteiger partial charge on any atom is -0.451 e. The molecule has 0 N–H and O–H groups in total. The van der Waals surface area contributed by atoms with Crippen LogP contribution >= 0.6 is 45.2 Å². The number of carbonyl (C=O) groups excluding carboxylic acids is 1. The van der Waals surface area contributed by atoms with Gasteiger partial charge in [-0.15, -0.1) is 0 Å². The van der Waals surface area contributed by atoms with Gasteiger partial charge in [0.25, 0.3) is 0 Å². The summed E-state index contributed by atoms with van der Waals surface area (Å²) in [7, 11) is 1.99. The second-order valence-corrected chi connectivity index (χ2v) is 7.25. The first-order valence-electron chi connectivity index (χ1n) is 6.66. The summed E-state index contributed by atoms with van der Waals surface area (Å²) in [6.45, 7) is 1.23. The van der Waals surface area contributed by atoms with Crippen molar-refractivity contribution in [3.05, 3.63) is 54.5 Å². The fourth-order valence-corrected chi connectivity index (χ4v) is 3.23. The summed E-state index contributed by atoms with van der Waals surface area (Å²) < 4.78 is 12.7. The van der Waals surface area contributed by atoms with Gasteiger partial charge < -0.3 is 8.83 Å². The Morgan fingerprint density at radius 2 is 1.41 bits per heavy atom. The monoisotopic (exact) mass is 521 g/mol. The van der Waals surface area contributed by atoms with Crippen LogP contribution in [-0.4, -0.2) is 30.8 Å². The fraction of sp³-hybridized carbons (Fsp3) is 0.188. The van der Waals surface area contributed by atoms with Gasteiger partial charge in [-0.25, -0.2) is 0 Å². The van der Waals surface area contributed by atoms with Crippen LogP contribution in [0.5, 0.6) is 0 Å². The topological polar surface area (TPSA) is 46.6 Å². The highest BCUT2D eigenvalue weighted by Crippen LogP contribution is 2.23. The van der Waals surface area contributed by atoms with Crippen molar-refractivity contribution in [1.82, 2.24) is 4.90 Å². The minimum atomic E-state index is 0.0518. The molecule has 2 aromatic heterocycles. The summed E-state index contributed by atoms with van der Waals surface area (Å²) in [5.74, 6) is 1.46. The molecule has 1 aliphatic heterocycles. The molecule has 114 valence electrons. The number of carbonyl (C=O) groups is 1. The SMILES string of the molecule is CN1C/C(=C/c2ccc(I)o2)C(=O)/C(=C/c2ccc(I)o2)C1. The van der Waals surface area contributed by atoms with Crippen LogP contribution in [0.25, 0.3) is 12.2 Å². The molecule has 1 fully saturated rings. The van der Waals surface area contributed by atoms with Crippen molar-refractivity contribution in [2.75, 3.05) is 20.1 Å². The van der Waals surface area contributed by atoms with Crippen molar-refractivity contribution in [2.45, 2.75) is 0 Å². The quantitative estimate of drug-likeness (QED) is 0.442. The zero-order valence-corrected chi connectivity index (χ0v) is 16.1. The highest BCUT2D eigenvalue weighted by Gasteiger charge is 2.24. The van der Waals surface area contributed by atoms with Crippen LogP contribution in [0.4, 0.5) is 0 Å². The summed E-state index contributed by atoms with van der Waals surface area (Å²) in [5, 5.41) is 0. The molecule has 3 rings (SSSR count). The number of rotatable bonds is 2. The zero-order chi connectivity index (χ0) is 15.7. The number of furan rings is 2. The maximum Gasteiger partial charge on any atom is 0.187 e. The normalized spacial score (nSPS) is 20.2. The van der Waals surface area contributed by atoms with Gasteiger partial charge in [-0.1, -0.05) is 0 Å². The Bertz CT molecular complexity index is 708. The second kappa shape index (κ2) is 6.71. The number of hydrogen-bond acceptors (Lipinski definition) is 4. The first kappa shape index (κ1) is 16.0. The molecule has 0 aliphatic carbocycles. The van der Waals surface area contributed by atoms with Crippen molar-refractivity contribution in [1.29, 1.82) is 0 Å². The number of Topliss-reactive ketones (excluding diaryl/α,β-unsaturated/α-hetero) is 1. The third-order valence-electron chi connectivity index (χ3n) is 3.28. The van der Waals surface area contributed by atoms with E-state index < -0.39 is 0 Å². The van der Waals surface area contributed by atoms with E-state index in [4.69, 9.17) is 8.83 Å². The number of hydrogen-bond donors (Lipinski definition) is 0. The molecule has 0 amide bonds. The van der Waals surface area contributed by atoms with Gasteiger partial charge >= 0.3 is 0 Å². The van der Waals surface area contributed by atoms with Crippen LogP contribution in [0.2, 0.25) is 0 Å². The second-order valence-electron chi connectivity index (χ2n) is 5.12. The van der Waals surface area contributed by atoms with Crippen LogP contribution in [0.1, 0.15) is 11.5 Å². The Morgan fingerprint density at radius 3 is 1.77 bits per heavy atom. The predicted molar refractivity (Wildman–Crippen MR) is 101 cm³/mol. The molecule has 1 aliphatic rings. The molecule has 22 heavy (non-hydrogen) atoms. The van der Waals surface area contributed by atoms with Gasteiger partial charge in [0.05, 0.1) is 0 Å². The van der Waals surface area contributed by atoms with Crippen molar-refractivity contribution < 1.29 is 13.6 Å². The lowest BCUT2D eigenvalue weighted by Crippen LogP contribution is -2.34. The lowest BCUT2D eigenvalue weighted by molar-refractivity contribution is -0.113. The molecule has 1 saturated heterocycles. The molecule has 0 aromatic carbocycles. The van der Waals surface area contributed by atoms with Crippen molar-refractivity contribution in [3.8, 4) is 0 Å². The lowest BCUT2D eigenvalue weighted by Gasteiger charge is -2.25. The molecule has 2 aromatic rings. The average molecular weight is 521 g/mol. The maximum absolute atomic E-state index is 12.6. The van der Waals surface area contributed by atoms with E-state index in [0.717, 1.165) is 18.7 Å². The van der Waals surface area contributed by atoms with E-state index in [9.17, 15) is 4.79 Å². The van der Waals surface area contributed by atoms with E-state index >= 15 is 0 Å². The van der Waals surface area contributed by atoms with Gasteiger partial charge in [0.1, 0.15) is 11.5 Å². The minimum absolute atomic E-state index is 0.0518. The number of ketones is 1. The van der Waals surface area contributed by atoms with Gasteiger partial charge in [-0.05, 0) is 88.6 Å². The van der Waals surface area contributed by atoms with Crippen LogP contribution in [-0.2, 0) is 4.79 Å². The molecule has 3 heterocycles. The van der Waals surface area contributed by atoms with Gasteiger partial charge in [0.15, 0.2) is 13.3 Å². The predicted octanol–water partition coefficient (Wildman–Crippen LogP) is 4.06. The fourth-order valence-electron chi connectivity index (χ4n) is 2.36. The first-order chi connectivity index (χ1) is 10.5. The number of likely N-dealkylation sites (N-methyl/N-ethyl adjacent to an activating group) is 1. The van der Waals surface area contributed by atoms with Crippen LogP contribution in [0.3, 0.4) is 0 Å². The van der Waals surface area contributed by atoms with Gasteiger partial charge in [0, 0.05) is 24.2 Å². The zero-order valence-electron chi connectivity index (χ0n) is 11.8. The van der Waals surface area contributed by atoms with Crippen LogP contribution in [0, 0.1) is 7.53 Å². The Hall–Kier alpha value is -0.870. The smallest absolute Gasteiger partial charge is 0.187 e. The third kappa shape index (κ3) is 3.72. The molecular weight excluding hydrogens is 508 g/mol. The molecule has 0 radical (unpaired) electrons. The Morgan fingerprint density at radius 1 is 0.955 bits per heavy atom. The highest BCUT2D eigenvalue weighted by atomic mass is 127. The largest absolute Gasteiger partial charge is 0.451 e. The van der Waals surface area contributed by atoms with E-state index in [-0.39, 0.29) is 5.78 Å². The molecular formula is C16H13I2NO3. The maximum atomic E-state index is 12.6. The van der Waals surface area contributed by atoms with Gasteiger partial charge in [-0.3, -0.25) is 9.69 Å².